The zero-order valence-corrected chi connectivity index (χ0v) is 14.8. The van der Waals surface area contributed by atoms with Crippen molar-refractivity contribution < 1.29 is 4.79 Å². The molecular weight excluding hydrogens is 284 g/mol. The first-order valence-corrected chi connectivity index (χ1v) is 9.01. The Bertz CT molecular complexity index is 562. The molecule has 1 spiro atoms. The zero-order chi connectivity index (χ0) is 16.5. The molecule has 1 aromatic carbocycles. The summed E-state index contributed by atoms with van der Waals surface area (Å²) in [6.07, 6.45) is 4.22. The summed E-state index contributed by atoms with van der Waals surface area (Å²) < 4.78 is 0. The number of hydrogen-bond donors (Lipinski definition) is 1. The van der Waals surface area contributed by atoms with Gasteiger partial charge in [0.1, 0.15) is 0 Å². The molecule has 3 heteroatoms. The van der Waals surface area contributed by atoms with Crippen LogP contribution in [0.25, 0.3) is 0 Å². The maximum Gasteiger partial charge on any atom is 0.229 e. The molecule has 0 atom stereocenters. The summed E-state index contributed by atoms with van der Waals surface area (Å²) >= 11 is 0. The van der Waals surface area contributed by atoms with E-state index in [2.05, 4.69) is 55.3 Å². The largest absolute Gasteiger partial charge is 0.338 e. The van der Waals surface area contributed by atoms with Gasteiger partial charge in [-0.25, -0.2) is 0 Å². The first-order chi connectivity index (χ1) is 10.9. The molecule has 3 rings (SSSR count). The van der Waals surface area contributed by atoms with Gasteiger partial charge in [-0.15, -0.1) is 0 Å². The molecule has 2 aliphatic heterocycles. The lowest BCUT2D eigenvalue weighted by molar-refractivity contribution is -0.149. The van der Waals surface area contributed by atoms with Gasteiger partial charge in [0.2, 0.25) is 5.91 Å². The van der Waals surface area contributed by atoms with Gasteiger partial charge < -0.3 is 10.2 Å². The molecule has 1 aromatic rings. The first kappa shape index (κ1) is 16.5. The molecule has 0 saturated carbocycles. The average Bonchev–Trinajstić information content (AvgIpc) is 2.52. The third kappa shape index (κ3) is 3.30. The summed E-state index contributed by atoms with van der Waals surface area (Å²) in [5.74, 6) is 0.397. The average molecular weight is 314 g/mol. The number of carbonyl (C=O) groups is 1. The van der Waals surface area contributed by atoms with E-state index >= 15 is 0 Å². The number of carbonyl (C=O) groups excluding carboxylic acids is 1. The predicted octanol–water partition coefficient (Wildman–Crippen LogP) is 3.48. The van der Waals surface area contributed by atoms with Crippen molar-refractivity contribution in [1.82, 2.24) is 10.2 Å². The minimum atomic E-state index is -0.0832. The van der Waals surface area contributed by atoms with E-state index in [1.54, 1.807) is 0 Å². The van der Waals surface area contributed by atoms with Gasteiger partial charge in [0, 0.05) is 13.1 Å². The van der Waals surface area contributed by atoms with Crippen molar-refractivity contribution in [3.05, 3.63) is 35.4 Å². The molecule has 2 fully saturated rings. The Morgan fingerprint density at radius 3 is 2.52 bits per heavy atom. The van der Waals surface area contributed by atoms with Crippen LogP contribution in [0.1, 0.15) is 57.6 Å². The molecule has 1 N–H and O–H groups in total. The fraction of sp³-hybridized carbons (Fsp3) is 0.650. The van der Waals surface area contributed by atoms with Gasteiger partial charge in [0.25, 0.3) is 0 Å². The van der Waals surface area contributed by atoms with Gasteiger partial charge in [0.05, 0.1) is 5.41 Å². The Morgan fingerprint density at radius 2 is 1.83 bits per heavy atom. The van der Waals surface area contributed by atoms with E-state index in [0.29, 0.717) is 5.91 Å². The van der Waals surface area contributed by atoms with E-state index in [9.17, 15) is 4.79 Å². The van der Waals surface area contributed by atoms with Crippen LogP contribution in [0.2, 0.25) is 0 Å². The Hall–Kier alpha value is -1.35. The number of amides is 1. The lowest BCUT2D eigenvalue weighted by Crippen LogP contribution is -2.52. The molecule has 0 radical (unpaired) electrons. The molecule has 3 nitrogen and oxygen atoms in total. The molecule has 0 bridgehead atoms. The van der Waals surface area contributed by atoms with Crippen molar-refractivity contribution >= 4 is 5.91 Å². The molecule has 2 saturated heterocycles. The highest BCUT2D eigenvalue weighted by atomic mass is 16.2. The van der Waals surface area contributed by atoms with Gasteiger partial charge in [0.15, 0.2) is 0 Å². The highest BCUT2D eigenvalue weighted by Crippen LogP contribution is 2.40. The quantitative estimate of drug-likeness (QED) is 0.906. The second-order valence-electron chi connectivity index (χ2n) is 8.27. The number of likely N-dealkylation sites (tertiary alicyclic amines) is 1. The van der Waals surface area contributed by atoms with E-state index in [0.717, 1.165) is 51.9 Å². The molecule has 0 unspecified atom stereocenters. The van der Waals surface area contributed by atoms with Crippen molar-refractivity contribution in [2.45, 2.75) is 58.4 Å². The van der Waals surface area contributed by atoms with Gasteiger partial charge in [-0.3, -0.25) is 4.79 Å². The fourth-order valence-corrected chi connectivity index (χ4v) is 4.27. The summed E-state index contributed by atoms with van der Waals surface area (Å²) in [7, 11) is 0. The van der Waals surface area contributed by atoms with Gasteiger partial charge in [-0.05, 0) is 55.3 Å². The van der Waals surface area contributed by atoms with Crippen LogP contribution in [0.3, 0.4) is 0 Å². The molecule has 2 aliphatic rings. The number of piperidine rings is 2. The summed E-state index contributed by atoms with van der Waals surface area (Å²) in [5, 5.41) is 3.40. The highest BCUT2D eigenvalue weighted by molar-refractivity contribution is 5.83. The third-order valence-electron chi connectivity index (χ3n) is 5.57. The van der Waals surface area contributed by atoms with Crippen LogP contribution in [0, 0.1) is 5.41 Å². The Balaban J connectivity index is 1.82. The van der Waals surface area contributed by atoms with Crippen molar-refractivity contribution in [1.29, 1.82) is 0 Å². The smallest absolute Gasteiger partial charge is 0.229 e. The second kappa shape index (κ2) is 6.27. The van der Waals surface area contributed by atoms with Gasteiger partial charge in [-0.2, -0.15) is 0 Å². The molecular formula is C20H30N2O. The van der Waals surface area contributed by atoms with Crippen molar-refractivity contribution in [2.75, 3.05) is 19.6 Å². The molecule has 1 amide bonds. The van der Waals surface area contributed by atoms with Crippen LogP contribution in [-0.2, 0) is 16.8 Å². The van der Waals surface area contributed by atoms with Gasteiger partial charge >= 0.3 is 0 Å². The number of nitrogens with one attached hydrogen (secondary N) is 1. The minimum absolute atomic E-state index is 0.0832. The number of hydrogen-bond acceptors (Lipinski definition) is 2. The lowest BCUT2D eigenvalue weighted by atomic mass is 9.72. The van der Waals surface area contributed by atoms with Crippen LogP contribution >= 0.6 is 0 Å². The number of rotatable bonds is 2. The van der Waals surface area contributed by atoms with E-state index < -0.39 is 0 Å². The van der Waals surface area contributed by atoms with Crippen LogP contribution < -0.4 is 5.32 Å². The third-order valence-corrected chi connectivity index (χ3v) is 5.57. The maximum absolute atomic E-state index is 13.2. The van der Waals surface area contributed by atoms with Crippen LogP contribution in [0.4, 0.5) is 0 Å². The van der Waals surface area contributed by atoms with Crippen molar-refractivity contribution in [3.8, 4) is 0 Å². The van der Waals surface area contributed by atoms with Crippen molar-refractivity contribution in [3.63, 3.8) is 0 Å². The van der Waals surface area contributed by atoms with Crippen molar-refractivity contribution in [2.24, 2.45) is 5.41 Å². The van der Waals surface area contributed by atoms with Gasteiger partial charge in [-0.1, -0.05) is 45.0 Å². The second-order valence-corrected chi connectivity index (χ2v) is 8.27. The molecule has 126 valence electrons. The van der Waals surface area contributed by atoms with Crippen LogP contribution in [-0.4, -0.2) is 30.4 Å². The Morgan fingerprint density at radius 1 is 1.13 bits per heavy atom. The predicted molar refractivity (Wildman–Crippen MR) is 94.3 cm³/mol. The SMILES string of the molecule is CC(C)(C)c1ccccc1CN1CCCC2(CCNCC2)C1=O. The van der Waals surface area contributed by atoms with Crippen LogP contribution in [0.5, 0.6) is 0 Å². The maximum atomic E-state index is 13.2. The fourth-order valence-electron chi connectivity index (χ4n) is 4.27. The minimum Gasteiger partial charge on any atom is -0.338 e. The molecule has 23 heavy (non-hydrogen) atoms. The normalized spacial score (nSPS) is 21.7. The van der Waals surface area contributed by atoms with E-state index in [1.165, 1.54) is 11.1 Å². The number of nitrogens with zero attached hydrogens (tertiary/aromatic N) is 1. The summed E-state index contributed by atoms with van der Waals surface area (Å²) in [5.41, 5.74) is 2.69. The summed E-state index contributed by atoms with van der Waals surface area (Å²) in [6.45, 7) is 10.4. The summed E-state index contributed by atoms with van der Waals surface area (Å²) in [6, 6.07) is 8.61. The molecule has 0 aromatic heterocycles. The van der Waals surface area contributed by atoms with E-state index in [4.69, 9.17) is 0 Å². The molecule has 0 aliphatic carbocycles. The monoisotopic (exact) mass is 314 g/mol. The highest BCUT2D eigenvalue weighted by Gasteiger charge is 2.44. The Kier molecular flexibility index (Phi) is 4.50. The number of benzene rings is 1. The first-order valence-electron chi connectivity index (χ1n) is 9.01. The lowest BCUT2D eigenvalue weighted by Gasteiger charge is -2.44. The van der Waals surface area contributed by atoms with E-state index in [-0.39, 0.29) is 10.8 Å². The summed E-state index contributed by atoms with van der Waals surface area (Å²) in [4.78, 5) is 15.3. The Labute approximate surface area is 140 Å². The van der Waals surface area contributed by atoms with Crippen LogP contribution in [0.15, 0.2) is 24.3 Å². The molecule has 2 heterocycles. The standard InChI is InChI=1S/C20H30N2O/c1-19(2,3)17-8-5-4-7-16(17)15-22-14-6-9-20(18(22)23)10-12-21-13-11-20/h4-5,7-8,21H,6,9-15H2,1-3H3. The zero-order valence-electron chi connectivity index (χ0n) is 14.8. The topological polar surface area (TPSA) is 32.3 Å². The van der Waals surface area contributed by atoms with E-state index in [1.807, 2.05) is 0 Å².